The smallest absolute Gasteiger partial charge is 0.0258 e. The summed E-state index contributed by atoms with van der Waals surface area (Å²) in [6.45, 7) is 12.2. The van der Waals surface area contributed by atoms with Crippen molar-refractivity contribution in [1.82, 2.24) is 20.2 Å². The fraction of sp³-hybridized carbons (Fsp3) is 1.00. The quantitative estimate of drug-likeness (QED) is 0.806. The van der Waals surface area contributed by atoms with Gasteiger partial charge in [-0.1, -0.05) is 26.2 Å². The normalized spacial score (nSPS) is 30.7. The molecule has 1 N–H and O–H groups in total. The molecule has 22 heavy (non-hydrogen) atoms. The molecule has 0 aromatic rings. The van der Waals surface area contributed by atoms with E-state index in [1.807, 2.05) is 0 Å². The Hall–Kier alpha value is -0.160. The maximum absolute atomic E-state index is 3.49. The lowest BCUT2D eigenvalue weighted by Crippen LogP contribution is -2.44. The predicted octanol–water partition coefficient (Wildman–Crippen LogP) is 2.56. The van der Waals surface area contributed by atoms with Crippen molar-refractivity contribution in [1.29, 1.82) is 0 Å². The number of rotatable bonds is 4. The number of nitrogens with one attached hydrogen (secondary N) is 1. The highest BCUT2D eigenvalue weighted by atomic mass is 15.6. The van der Waals surface area contributed by atoms with Crippen molar-refractivity contribution in [2.75, 3.05) is 46.3 Å². The first-order valence-corrected chi connectivity index (χ1v) is 9.62. The van der Waals surface area contributed by atoms with E-state index in [-0.39, 0.29) is 0 Å². The highest BCUT2D eigenvalue weighted by Crippen LogP contribution is 2.23. The van der Waals surface area contributed by atoms with Gasteiger partial charge in [0.2, 0.25) is 0 Å². The molecular formula is C18H38N4. The van der Waals surface area contributed by atoms with E-state index >= 15 is 0 Å². The molecule has 0 saturated carbocycles. The maximum atomic E-state index is 3.49. The molecule has 3 fully saturated rings. The van der Waals surface area contributed by atoms with Gasteiger partial charge in [0.05, 0.1) is 0 Å². The Morgan fingerprint density at radius 2 is 1.77 bits per heavy atom. The minimum absolute atomic E-state index is 0.725. The Bertz CT molecular complexity index is 275. The number of hydrazine groups is 1. The Balaban J connectivity index is 0.000000162. The van der Waals surface area contributed by atoms with Crippen molar-refractivity contribution in [3.8, 4) is 0 Å². The van der Waals surface area contributed by atoms with Gasteiger partial charge in [-0.3, -0.25) is 5.43 Å². The van der Waals surface area contributed by atoms with E-state index in [1.165, 1.54) is 84.2 Å². The van der Waals surface area contributed by atoms with Crippen molar-refractivity contribution in [2.45, 2.75) is 70.9 Å². The molecule has 0 bridgehead atoms. The lowest BCUT2D eigenvalue weighted by Gasteiger charge is -2.32. The summed E-state index contributed by atoms with van der Waals surface area (Å²) in [5.41, 5.74) is 3.49. The van der Waals surface area contributed by atoms with Gasteiger partial charge in [-0.25, -0.2) is 5.01 Å². The van der Waals surface area contributed by atoms with E-state index in [0.29, 0.717) is 0 Å². The zero-order valence-corrected chi connectivity index (χ0v) is 15.2. The maximum Gasteiger partial charge on any atom is 0.0258 e. The van der Waals surface area contributed by atoms with Gasteiger partial charge in [-0.05, 0) is 46.2 Å². The summed E-state index contributed by atoms with van der Waals surface area (Å²) in [5.74, 6) is 0. The van der Waals surface area contributed by atoms with E-state index < -0.39 is 0 Å². The van der Waals surface area contributed by atoms with Crippen LogP contribution in [0.5, 0.6) is 0 Å². The summed E-state index contributed by atoms with van der Waals surface area (Å²) in [4.78, 5) is 5.01. The molecule has 2 atom stereocenters. The van der Waals surface area contributed by atoms with Gasteiger partial charge in [0.25, 0.3) is 0 Å². The lowest BCUT2D eigenvalue weighted by atomic mass is 10.0. The Morgan fingerprint density at radius 3 is 2.45 bits per heavy atom. The van der Waals surface area contributed by atoms with E-state index in [9.17, 15) is 0 Å². The third kappa shape index (κ3) is 6.15. The van der Waals surface area contributed by atoms with Crippen LogP contribution < -0.4 is 5.43 Å². The zero-order chi connectivity index (χ0) is 15.8. The Labute approximate surface area is 138 Å². The summed E-state index contributed by atoms with van der Waals surface area (Å²) in [6.07, 6.45) is 9.73. The molecule has 2 unspecified atom stereocenters. The molecular weight excluding hydrogens is 272 g/mol. The summed E-state index contributed by atoms with van der Waals surface area (Å²) >= 11 is 0. The molecule has 0 spiro atoms. The molecule has 0 aromatic heterocycles. The number of likely N-dealkylation sites (N-methyl/N-ethyl adjacent to an activating group) is 1. The Kier molecular flexibility index (Phi) is 8.15. The number of piperidine rings is 1. The highest BCUT2D eigenvalue weighted by molar-refractivity contribution is 4.84. The van der Waals surface area contributed by atoms with E-state index in [1.54, 1.807) is 0 Å². The second kappa shape index (κ2) is 9.86. The topological polar surface area (TPSA) is 21.8 Å². The van der Waals surface area contributed by atoms with Crippen LogP contribution >= 0.6 is 0 Å². The Morgan fingerprint density at radius 1 is 1.00 bits per heavy atom. The summed E-state index contributed by atoms with van der Waals surface area (Å²) in [6, 6.07) is 1.59. The van der Waals surface area contributed by atoms with Crippen LogP contribution in [0.4, 0.5) is 0 Å². The first-order chi connectivity index (χ1) is 10.7. The number of hydrogen-bond donors (Lipinski definition) is 1. The van der Waals surface area contributed by atoms with E-state index in [4.69, 9.17) is 0 Å². The number of nitrogens with zero attached hydrogens (tertiary/aromatic N) is 3. The van der Waals surface area contributed by atoms with Crippen LogP contribution in [0, 0.1) is 0 Å². The van der Waals surface area contributed by atoms with Crippen LogP contribution in [0.3, 0.4) is 0 Å². The van der Waals surface area contributed by atoms with Crippen LogP contribution in [0.2, 0.25) is 0 Å². The minimum Gasteiger partial charge on any atom is -0.304 e. The molecule has 0 amide bonds. The molecule has 0 radical (unpaired) electrons. The van der Waals surface area contributed by atoms with Crippen molar-refractivity contribution >= 4 is 0 Å². The third-order valence-electron chi connectivity index (χ3n) is 5.31. The minimum atomic E-state index is 0.725. The lowest BCUT2D eigenvalue weighted by molar-refractivity contribution is 0.139. The largest absolute Gasteiger partial charge is 0.304 e. The monoisotopic (exact) mass is 310 g/mol. The second-order valence-corrected chi connectivity index (χ2v) is 7.46. The predicted molar refractivity (Wildman–Crippen MR) is 95.0 cm³/mol. The average molecular weight is 311 g/mol. The highest BCUT2D eigenvalue weighted by Gasteiger charge is 2.30. The van der Waals surface area contributed by atoms with Crippen molar-refractivity contribution < 1.29 is 0 Å². The average Bonchev–Trinajstić information content (AvgIpc) is 2.90. The molecule has 4 heteroatoms. The molecule has 3 heterocycles. The number of piperazine rings is 1. The zero-order valence-electron chi connectivity index (χ0n) is 15.2. The fourth-order valence-corrected chi connectivity index (χ4v) is 3.82. The molecule has 0 aliphatic carbocycles. The SMILES string of the molecule is CC1CC2CCCCN2N1.CCCCCN1CCN(C)CC1. The first kappa shape index (κ1) is 18.2. The molecule has 130 valence electrons. The van der Waals surface area contributed by atoms with E-state index in [2.05, 4.69) is 41.1 Å². The van der Waals surface area contributed by atoms with Gasteiger partial charge in [-0.2, -0.15) is 0 Å². The fourth-order valence-electron chi connectivity index (χ4n) is 3.82. The van der Waals surface area contributed by atoms with Crippen LogP contribution in [0.1, 0.15) is 58.8 Å². The summed E-state index contributed by atoms with van der Waals surface area (Å²) in [7, 11) is 2.21. The van der Waals surface area contributed by atoms with Gasteiger partial charge in [0, 0.05) is 44.8 Å². The van der Waals surface area contributed by atoms with Crippen molar-refractivity contribution in [3.63, 3.8) is 0 Å². The third-order valence-corrected chi connectivity index (χ3v) is 5.31. The number of fused-ring (bicyclic) bond motifs is 1. The molecule has 0 aromatic carbocycles. The molecule has 4 nitrogen and oxygen atoms in total. The standard InChI is InChI=1S/C10H22N2.C8H16N2/c1-3-4-5-6-12-9-7-11(2)8-10-12;1-7-6-8-4-2-3-5-10(8)9-7/h3-10H2,1-2H3;7-9H,2-6H2,1H3. The summed E-state index contributed by atoms with van der Waals surface area (Å²) < 4.78 is 0. The molecule has 3 aliphatic heterocycles. The van der Waals surface area contributed by atoms with E-state index in [0.717, 1.165) is 12.1 Å². The van der Waals surface area contributed by atoms with Crippen LogP contribution in [-0.2, 0) is 0 Å². The molecule has 3 saturated heterocycles. The van der Waals surface area contributed by atoms with Crippen LogP contribution in [0.15, 0.2) is 0 Å². The molecule has 3 rings (SSSR count). The van der Waals surface area contributed by atoms with Crippen LogP contribution in [0.25, 0.3) is 0 Å². The van der Waals surface area contributed by atoms with Gasteiger partial charge < -0.3 is 9.80 Å². The summed E-state index contributed by atoms with van der Waals surface area (Å²) in [5, 5.41) is 2.44. The van der Waals surface area contributed by atoms with Crippen molar-refractivity contribution in [3.05, 3.63) is 0 Å². The van der Waals surface area contributed by atoms with Gasteiger partial charge in [0.15, 0.2) is 0 Å². The van der Waals surface area contributed by atoms with Crippen LogP contribution in [-0.4, -0.2) is 73.2 Å². The second-order valence-electron chi connectivity index (χ2n) is 7.46. The van der Waals surface area contributed by atoms with Crippen molar-refractivity contribution in [2.24, 2.45) is 0 Å². The number of hydrogen-bond acceptors (Lipinski definition) is 4. The number of unbranched alkanes of at least 4 members (excludes halogenated alkanes) is 2. The van der Waals surface area contributed by atoms with Gasteiger partial charge in [0.1, 0.15) is 0 Å². The first-order valence-electron chi connectivity index (χ1n) is 9.62. The van der Waals surface area contributed by atoms with Gasteiger partial charge in [-0.15, -0.1) is 0 Å². The molecule has 3 aliphatic rings. The van der Waals surface area contributed by atoms with Gasteiger partial charge >= 0.3 is 0 Å².